The van der Waals surface area contributed by atoms with Crippen LogP contribution in [0.3, 0.4) is 0 Å². The molecule has 1 aliphatic heterocycles. The van der Waals surface area contributed by atoms with Crippen LogP contribution in [-0.4, -0.2) is 30.8 Å². The predicted molar refractivity (Wildman–Crippen MR) is 87.1 cm³/mol. The van der Waals surface area contributed by atoms with Crippen LogP contribution in [0.5, 0.6) is 0 Å². The smallest absolute Gasteiger partial charge is 0.223 e. The minimum Gasteiger partial charge on any atom is -0.387 e. The number of rotatable bonds is 5. The second-order valence-corrected chi connectivity index (χ2v) is 6.58. The average Bonchev–Trinajstić information content (AvgIpc) is 2.51. The van der Waals surface area contributed by atoms with Crippen LogP contribution in [0.25, 0.3) is 0 Å². The molecular weight excluding hydrogens is 325 g/mol. The van der Waals surface area contributed by atoms with Gasteiger partial charge in [0.1, 0.15) is 0 Å². The van der Waals surface area contributed by atoms with Crippen LogP contribution in [0.15, 0.2) is 18.2 Å². The molecule has 2 rings (SSSR count). The molecule has 1 saturated heterocycles. The van der Waals surface area contributed by atoms with E-state index in [9.17, 15) is 9.90 Å². The average molecular weight is 346 g/mol. The molecular formula is C16H21Cl2NO3. The lowest BCUT2D eigenvalue weighted by molar-refractivity contribution is -0.127. The number of carbonyl (C=O) groups excluding carboxylic acids is 1. The zero-order valence-corrected chi connectivity index (χ0v) is 14.0. The summed E-state index contributed by atoms with van der Waals surface area (Å²) < 4.78 is 5.31. The molecule has 0 spiro atoms. The van der Waals surface area contributed by atoms with Crippen molar-refractivity contribution in [1.82, 2.24) is 5.32 Å². The van der Waals surface area contributed by atoms with Gasteiger partial charge in [0.05, 0.1) is 6.10 Å². The van der Waals surface area contributed by atoms with Gasteiger partial charge in [0, 0.05) is 35.7 Å². The third-order valence-corrected chi connectivity index (χ3v) is 4.56. The van der Waals surface area contributed by atoms with E-state index in [0.717, 1.165) is 12.8 Å². The number of ether oxygens (including phenoxy) is 1. The van der Waals surface area contributed by atoms with Gasteiger partial charge in [-0.1, -0.05) is 30.1 Å². The number of carbonyl (C=O) groups is 1. The zero-order valence-electron chi connectivity index (χ0n) is 12.5. The molecule has 2 atom stereocenters. The number of benzene rings is 1. The molecule has 4 nitrogen and oxygen atoms in total. The SMILES string of the molecule is CC(C(=O)NCC(O)c1cc(Cl)cc(Cl)c1)C1CCOCC1. The molecule has 122 valence electrons. The largest absolute Gasteiger partial charge is 0.387 e. The van der Waals surface area contributed by atoms with Crippen LogP contribution in [-0.2, 0) is 9.53 Å². The number of nitrogens with one attached hydrogen (secondary N) is 1. The number of aliphatic hydroxyl groups excluding tert-OH is 1. The first-order valence-electron chi connectivity index (χ1n) is 7.47. The van der Waals surface area contributed by atoms with Crippen LogP contribution in [0.1, 0.15) is 31.4 Å². The summed E-state index contributed by atoms with van der Waals surface area (Å²) in [4.78, 5) is 12.2. The van der Waals surface area contributed by atoms with Crippen LogP contribution in [0.4, 0.5) is 0 Å². The number of hydrogen-bond acceptors (Lipinski definition) is 3. The van der Waals surface area contributed by atoms with E-state index in [-0.39, 0.29) is 18.4 Å². The minimum absolute atomic E-state index is 0.0425. The first-order valence-corrected chi connectivity index (χ1v) is 8.22. The highest BCUT2D eigenvalue weighted by molar-refractivity contribution is 6.34. The van der Waals surface area contributed by atoms with Gasteiger partial charge in [-0.2, -0.15) is 0 Å². The van der Waals surface area contributed by atoms with E-state index >= 15 is 0 Å². The van der Waals surface area contributed by atoms with Crippen LogP contribution in [0.2, 0.25) is 10.0 Å². The highest BCUT2D eigenvalue weighted by Gasteiger charge is 2.26. The maximum absolute atomic E-state index is 12.2. The van der Waals surface area contributed by atoms with Gasteiger partial charge in [-0.3, -0.25) is 4.79 Å². The van der Waals surface area contributed by atoms with Crippen molar-refractivity contribution in [1.29, 1.82) is 0 Å². The first kappa shape index (κ1) is 17.5. The van der Waals surface area contributed by atoms with E-state index in [4.69, 9.17) is 27.9 Å². The molecule has 22 heavy (non-hydrogen) atoms. The standard InChI is InChI=1S/C16H21Cl2NO3/c1-10(11-2-4-22-5-3-11)16(21)19-9-15(20)12-6-13(17)8-14(18)7-12/h6-8,10-11,15,20H,2-5,9H2,1H3,(H,19,21). The molecule has 0 aliphatic carbocycles. The maximum Gasteiger partial charge on any atom is 0.223 e. The second-order valence-electron chi connectivity index (χ2n) is 5.70. The van der Waals surface area contributed by atoms with Gasteiger partial charge < -0.3 is 15.2 Å². The molecule has 1 aromatic carbocycles. The Morgan fingerprint density at radius 1 is 1.32 bits per heavy atom. The summed E-state index contributed by atoms with van der Waals surface area (Å²) in [6.45, 7) is 3.49. The van der Waals surface area contributed by atoms with Crippen LogP contribution in [0, 0.1) is 11.8 Å². The molecule has 1 aliphatic rings. The highest BCUT2D eigenvalue weighted by atomic mass is 35.5. The molecule has 6 heteroatoms. The molecule has 0 aromatic heterocycles. The predicted octanol–water partition coefficient (Wildman–Crippen LogP) is 3.21. The first-order chi connectivity index (χ1) is 10.5. The summed E-state index contributed by atoms with van der Waals surface area (Å²) >= 11 is 11.8. The highest BCUT2D eigenvalue weighted by Crippen LogP contribution is 2.25. The quantitative estimate of drug-likeness (QED) is 0.861. The van der Waals surface area contributed by atoms with Crippen molar-refractivity contribution in [3.8, 4) is 0 Å². The van der Waals surface area contributed by atoms with Gasteiger partial charge in [0.2, 0.25) is 5.91 Å². The molecule has 0 radical (unpaired) electrons. The van der Waals surface area contributed by atoms with E-state index in [1.54, 1.807) is 18.2 Å². The topological polar surface area (TPSA) is 58.6 Å². The number of hydrogen-bond donors (Lipinski definition) is 2. The fourth-order valence-electron chi connectivity index (χ4n) is 2.67. The van der Waals surface area contributed by atoms with Gasteiger partial charge in [0.15, 0.2) is 0 Å². The Labute approximate surface area is 140 Å². The Morgan fingerprint density at radius 2 is 1.91 bits per heavy atom. The van der Waals surface area contributed by atoms with E-state index < -0.39 is 6.10 Å². The van der Waals surface area contributed by atoms with E-state index in [2.05, 4.69) is 5.32 Å². The normalized spacial score (nSPS) is 18.7. The summed E-state index contributed by atoms with van der Waals surface area (Å²) in [5.41, 5.74) is 0.594. The van der Waals surface area contributed by atoms with Crippen molar-refractivity contribution in [2.75, 3.05) is 19.8 Å². The Morgan fingerprint density at radius 3 is 2.50 bits per heavy atom. The van der Waals surface area contributed by atoms with E-state index in [0.29, 0.717) is 34.7 Å². The third-order valence-electron chi connectivity index (χ3n) is 4.13. The monoisotopic (exact) mass is 345 g/mol. The van der Waals surface area contributed by atoms with Gasteiger partial charge in [-0.25, -0.2) is 0 Å². The van der Waals surface area contributed by atoms with Crippen molar-refractivity contribution in [3.63, 3.8) is 0 Å². The third kappa shape index (κ3) is 4.85. The fourth-order valence-corrected chi connectivity index (χ4v) is 3.22. The lowest BCUT2D eigenvalue weighted by atomic mass is 9.87. The molecule has 1 fully saturated rings. The Balaban J connectivity index is 1.86. The van der Waals surface area contributed by atoms with Crippen molar-refractivity contribution < 1.29 is 14.6 Å². The second kappa shape index (κ2) is 8.16. The van der Waals surface area contributed by atoms with Gasteiger partial charge in [-0.15, -0.1) is 0 Å². The zero-order chi connectivity index (χ0) is 16.1. The summed E-state index contributed by atoms with van der Waals surface area (Å²) in [7, 11) is 0. The molecule has 1 aromatic rings. The van der Waals surface area contributed by atoms with E-state index in [1.807, 2.05) is 6.92 Å². The summed E-state index contributed by atoms with van der Waals surface area (Å²) in [6, 6.07) is 4.89. The van der Waals surface area contributed by atoms with Crippen molar-refractivity contribution in [2.45, 2.75) is 25.9 Å². The molecule has 2 unspecified atom stereocenters. The number of aliphatic hydroxyl groups is 1. The molecule has 1 heterocycles. The van der Waals surface area contributed by atoms with Gasteiger partial charge in [-0.05, 0) is 42.5 Å². The van der Waals surface area contributed by atoms with Crippen LogP contribution < -0.4 is 5.32 Å². The van der Waals surface area contributed by atoms with Crippen LogP contribution >= 0.6 is 23.2 Å². The number of amides is 1. The Hall–Kier alpha value is -0.810. The summed E-state index contributed by atoms with van der Waals surface area (Å²) in [6.07, 6.45) is 0.976. The fraction of sp³-hybridized carbons (Fsp3) is 0.562. The lowest BCUT2D eigenvalue weighted by Gasteiger charge is -2.27. The van der Waals surface area contributed by atoms with Crippen molar-refractivity contribution >= 4 is 29.1 Å². The number of halogens is 2. The van der Waals surface area contributed by atoms with Crippen molar-refractivity contribution in [3.05, 3.63) is 33.8 Å². The van der Waals surface area contributed by atoms with Gasteiger partial charge >= 0.3 is 0 Å². The molecule has 1 amide bonds. The van der Waals surface area contributed by atoms with E-state index in [1.165, 1.54) is 0 Å². The Kier molecular flexibility index (Phi) is 6.50. The minimum atomic E-state index is -0.831. The molecule has 0 saturated carbocycles. The summed E-state index contributed by atoms with van der Waals surface area (Å²) in [5.74, 6) is 0.213. The lowest BCUT2D eigenvalue weighted by Crippen LogP contribution is -2.37. The van der Waals surface area contributed by atoms with Crippen molar-refractivity contribution in [2.24, 2.45) is 11.8 Å². The maximum atomic E-state index is 12.2. The molecule has 2 N–H and O–H groups in total. The summed E-state index contributed by atoms with van der Waals surface area (Å²) in [5, 5.41) is 13.9. The molecule has 0 bridgehead atoms. The van der Waals surface area contributed by atoms with Gasteiger partial charge in [0.25, 0.3) is 0 Å². The Bertz CT molecular complexity index is 498.